The van der Waals surface area contributed by atoms with Crippen molar-refractivity contribution in [1.29, 1.82) is 0 Å². The summed E-state index contributed by atoms with van der Waals surface area (Å²) >= 11 is 1.25. The Morgan fingerprint density at radius 3 is 2.52 bits per heavy atom. The van der Waals surface area contributed by atoms with Gasteiger partial charge in [0.25, 0.3) is 0 Å². The first-order valence-corrected chi connectivity index (χ1v) is 11.2. The molecule has 0 saturated carbocycles. The first-order valence-electron chi connectivity index (χ1n) is 10.3. The summed E-state index contributed by atoms with van der Waals surface area (Å²) in [5.74, 6) is -2.13. The van der Waals surface area contributed by atoms with Crippen LogP contribution in [-0.4, -0.2) is 29.7 Å². The normalized spacial score (nSPS) is 12.0. The van der Waals surface area contributed by atoms with E-state index in [2.05, 4.69) is 4.98 Å². The number of carbonyl (C=O) groups is 1. The van der Waals surface area contributed by atoms with E-state index in [4.69, 9.17) is 4.74 Å². The molecule has 0 aliphatic rings. The van der Waals surface area contributed by atoms with E-state index in [1.807, 2.05) is 36.1 Å². The average molecular weight is 469 g/mol. The van der Waals surface area contributed by atoms with Gasteiger partial charge >= 0.3 is 5.97 Å². The number of methoxy groups -OCH3 is 1. The van der Waals surface area contributed by atoms with Gasteiger partial charge in [-0.3, -0.25) is 0 Å². The molecule has 0 amide bonds. The van der Waals surface area contributed by atoms with E-state index in [9.17, 15) is 18.7 Å². The molecule has 8 heteroatoms. The van der Waals surface area contributed by atoms with Crippen molar-refractivity contribution in [2.24, 2.45) is 0 Å². The zero-order valence-electron chi connectivity index (χ0n) is 18.1. The lowest BCUT2D eigenvalue weighted by atomic mass is 10.00. The third-order valence-corrected chi connectivity index (χ3v) is 6.63. The van der Waals surface area contributed by atoms with E-state index in [0.717, 1.165) is 23.4 Å². The molecule has 1 atom stereocenters. The summed E-state index contributed by atoms with van der Waals surface area (Å²) in [6.07, 6.45) is 0.655. The SMILES string of the molecule is COc1ccc(CCN(c2nc3cc(F)c(F)cc3s2)C(C)c2ccccc2C(=O)O)cc1. The van der Waals surface area contributed by atoms with Crippen LogP contribution >= 0.6 is 11.3 Å². The van der Waals surface area contributed by atoms with Gasteiger partial charge in [-0.05, 0) is 48.7 Å². The Bertz CT molecular complexity index is 1250. The summed E-state index contributed by atoms with van der Waals surface area (Å²) in [6.45, 7) is 2.43. The van der Waals surface area contributed by atoms with Crippen molar-refractivity contribution in [3.63, 3.8) is 0 Å². The average Bonchev–Trinajstić information content (AvgIpc) is 3.21. The minimum Gasteiger partial charge on any atom is -0.497 e. The lowest BCUT2D eigenvalue weighted by Crippen LogP contribution is -2.30. The molecule has 0 bridgehead atoms. The number of thiazole rings is 1. The molecule has 1 unspecified atom stereocenters. The molecule has 0 saturated heterocycles. The van der Waals surface area contributed by atoms with E-state index in [1.165, 1.54) is 11.3 Å². The van der Waals surface area contributed by atoms with Crippen molar-refractivity contribution in [2.45, 2.75) is 19.4 Å². The minimum absolute atomic E-state index is 0.206. The molecule has 0 spiro atoms. The molecule has 4 rings (SSSR count). The number of fused-ring (bicyclic) bond motifs is 1. The predicted molar refractivity (Wildman–Crippen MR) is 125 cm³/mol. The van der Waals surface area contributed by atoms with Crippen LogP contribution in [0.1, 0.15) is 34.5 Å². The summed E-state index contributed by atoms with van der Waals surface area (Å²) < 4.78 is 33.3. The van der Waals surface area contributed by atoms with Gasteiger partial charge in [-0.25, -0.2) is 18.6 Å². The lowest BCUT2D eigenvalue weighted by molar-refractivity contribution is 0.0695. The van der Waals surface area contributed by atoms with Gasteiger partial charge in [-0.15, -0.1) is 0 Å². The monoisotopic (exact) mass is 468 g/mol. The van der Waals surface area contributed by atoms with E-state index in [0.29, 0.717) is 33.9 Å². The number of ether oxygens (including phenoxy) is 1. The number of aromatic nitrogens is 1. The number of carboxylic acids is 1. The van der Waals surface area contributed by atoms with Crippen LogP contribution in [0, 0.1) is 11.6 Å². The molecule has 0 aliphatic carbocycles. The van der Waals surface area contributed by atoms with Crippen LogP contribution in [0.15, 0.2) is 60.7 Å². The standard InChI is InChI=1S/C25H22F2N2O3S/c1-15(18-5-3-4-6-19(18)24(30)31)29(12-11-16-7-9-17(32-2)10-8-16)25-28-22-13-20(26)21(27)14-23(22)33-25/h3-10,13-15H,11-12H2,1-2H3,(H,30,31). The number of aromatic carboxylic acids is 1. The Morgan fingerprint density at radius 1 is 1.12 bits per heavy atom. The van der Waals surface area contributed by atoms with Gasteiger partial charge in [0.05, 0.1) is 28.9 Å². The fraction of sp³-hybridized carbons (Fsp3) is 0.200. The van der Waals surface area contributed by atoms with E-state index >= 15 is 0 Å². The van der Waals surface area contributed by atoms with Crippen LogP contribution < -0.4 is 9.64 Å². The smallest absolute Gasteiger partial charge is 0.336 e. The fourth-order valence-corrected chi connectivity index (χ4v) is 4.83. The minimum atomic E-state index is -1.01. The maximum atomic E-state index is 13.8. The Labute approximate surface area is 193 Å². The quantitative estimate of drug-likeness (QED) is 0.339. The summed E-state index contributed by atoms with van der Waals surface area (Å²) in [5, 5.41) is 10.2. The Morgan fingerprint density at radius 2 is 1.82 bits per heavy atom. The molecule has 5 nitrogen and oxygen atoms in total. The van der Waals surface area contributed by atoms with Gasteiger partial charge in [0.15, 0.2) is 16.8 Å². The van der Waals surface area contributed by atoms with Crippen LogP contribution in [0.5, 0.6) is 5.75 Å². The van der Waals surface area contributed by atoms with Crippen molar-refractivity contribution in [3.8, 4) is 5.75 Å². The molecule has 1 heterocycles. The molecule has 4 aromatic rings. The third-order valence-electron chi connectivity index (χ3n) is 5.57. The summed E-state index contributed by atoms with van der Waals surface area (Å²) in [5.41, 5.74) is 2.27. The largest absolute Gasteiger partial charge is 0.497 e. The van der Waals surface area contributed by atoms with Crippen LogP contribution in [0.25, 0.3) is 10.2 Å². The number of hydrogen-bond donors (Lipinski definition) is 1. The second-order valence-corrected chi connectivity index (χ2v) is 8.60. The fourth-order valence-electron chi connectivity index (χ4n) is 3.75. The Kier molecular flexibility index (Phi) is 6.55. The molecule has 33 heavy (non-hydrogen) atoms. The molecule has 1 N–H and O–H groups in total. The Balaban J connectivity index is 1.72. The van der Waals surface area contributed by atoms with Gasteiger partial charge in [0, 0.05) is 12.6 Å². The van der Waals surface area contributed by atoms with Crippen LogP contribution in [0.3, 0.4) is 0 Å². The van der Waals surface area contributed by atoms with Crippen LogP contribution in [-0.2, 0) is 6.42 Å². The maximum Gasteiger partial charge on any atom is 0.336 e. The summed E-state index contributed by atoms with van der Waals surface area (Å²) in [7, 11) is 1.61. The zero-order chi connectivity index (χ0) is 23.5. The highest BCUT2D eigenvalue weighted by atomic mass is 32.1. The van der Waals surface area contributed by atoms with Crippen molar-refractivity contribution < 1.29 is 23.4 Å². The molecule has 0 radical (unpaired) electrons. The molecular formula is C25H22F2N2O3S. The number of benzene rings is 3. The van der Waals surface area contributed by atoms with Crippen molar-refractivity contribution >= 4 is 32.7 Å². The first kappa shape index (κ1) is 22.7. The number of anilines is 1. The number of carboxylic acid groups (broad SMARTS) is 1. The van der Waals surface area contributed by atoms with Gasteiger partial charge in [-0.1, -0.05) is 41.7 Å². The molecule has 3 aromatic carbocycles. The van der Waals surface area contributed by atoms with E-state index in [1.54, 1.807) is 31.4 Å². The van der Waals surface area contributed by atoms with Crippen LogP contribution in [0.2, 0.25) is 0 Å². The van der Waals surface area contributed by atoms with Gasteiger partial charge in [0.1, 0.15) is 5.75 Å². The number of hydrogen-bond acceptors (Lipinski definition) is 5. The lowest BCUT2D eigenvalue weighted by Gasteiger charge is -2.30. The van der Waals surface area contributed by atoms with Crippen molar-refractivity contribution in [3.05, 3.63) is 89.0 Å². The highest BCUT2D eigenvalue weighted by Crippen LogP contribution is 2.36. The highest BCUT2D eigenvalue weighted by molar-refractivity contribution is 7.22. The molecule has 0 aliphatic heterocycles. The highest BCUT2D eigenvalue weighted by Gasteiger charge is 2.24. The van der Waals surface area contributed by atoms with Gasteiger partial charge in [0.2, 0.25) is 0 Å². The van der Waals surface area contributed by atoms with Gasteiger partial charge < -0.3 is 14.7 Å². The van der Waals surface area contributed by atoms with E-state index < -0.39 is 17.6 Å². The summed E-state index contributed by atoms with van der Waals surface area (Å²) in [4.78, 5) is 18.3. The third kappa shape index (κ3) is 4.80. The Hall–Kier alpha value is -3.52. The zero-order valence-corrected chi connectivity index (χ0v) is 18.9. The summed E-state index contributed by atoms with van der Waals surface area (Å²) in [6, 6.07) is 16.4. The topological polar surface area (TPSA) is 62.7 Å². The second-order valence-electron chi connectivity index (χ2n) is 7.59. The molecule has 170 valence electrons. The number of rotatable bonds is 8. The van der Waals surface area contributed by atoms with Crippen LogP contribution in [0.4, 0.5) is 13.9 Å². The van der Waals surface area contributed by atoms with Crippen molar-refractivity contribution in [1.82, 2.24) is 4.98 Å². The molecular weight excluding hydrogens is 446 g/mol. The maximum absolute atomic E-state index is 13.8. The molecule has 1 aromatic heterocycles. The van der Waals surface area contributed by atoms with Crippen molar-refractivity contribution in [2.75, 3.05) is 18.6 Å². The number of nitrogens with zero attached hydrogens (tertiary/aromatic N) is 2. The number of halogens is 2. The first-order chi connectivity index (χ1) is 15.9. The molecule has 0 fully saturated rings. The predicted octanol–water partition coefficient (Wildman–Crippen LogP) is 6.09. The second kappa shape index (κ2) is 9.54. The van der Waals surface area contributed by atoms with Gasteiger partial charge in [-0.2, -0.15) is 0 Å². The van der Waals surface area contributed by atoms with E-state index in [-0.39, 0.29) is 11.6 Å².